The molecule has 6 nitrogen and oxygen atoms in total. The molecule has 2 aromatic rings. The summed E-state index contributed by atoms with van der Waals surface area (Å²) in [4.78, 5) is 20.9. The molecule has 1 aliphatic rings. The monoisotopic (exact) mass is 353 g/mol. The highest BCUT2D eigenvalue weighted by molar-refractivity contribution is 5.92. The van der Waals surface area contributed by atoms with E-state index in [1.54, 1.807) is 32.6 Å². The minimum absolute atomic E-state index is 0.00413. The highest BCUT2D eigenvalue weighted by Crippen LogP contribution is 2.25. The molecule has 6 heteroatoms. The van der Waals surface area contributed by atoms with E-state index >= 15 is 0 Å². The first kappa shape index (κ1) is 17.8. The molecule has 1 amide bonds. The van der Waals surface area contributed by atoms with Gasteiger partial charge in [-0.15, -0.1) is 0 Å². The Morgan fingerprint density at radius 1 is 1.08 bits per heavy atom. The first-order chi connectivity index (χ1) is 12.7. The van der Waals surface area contributed by atoms with E-state index in [0.717, 1.165) is 30.2 Å². The Balaban J connectivity index is 1.62. The predicted octanol–water partition coefficient (Wildman–Crippen LogP) is 2.46. The second-order valence-corrected chi connectivity index (χ2v) is 5.94. The third-order valence-electron chi connectivity index (χ3n) is 4.41. The van der Waals surface area contributed by atoms with Crippen molar-refractivity contribution < 1.29 is 14.3 Å². The Hall–Kier alpha value is -3.02. The standard InChI is InChI=1S/C20H23N3O3/c1-25-17-7-8-18(26-2)16(15-17)6-9-20(24)23-13-11-22(12-14-23)19-5-3-4-10-21-19/h3-10,15H,11-14H2,1-2H3/b9-6+. The zero-order chi connectivity index (χ0) is 18.4. The number of aromatic nitrogens is 1. The summed E-state index contributed by atoms with van der Waals surface area (Å²) in [5.41, 5.74) is 0.812. The molecule has 0 aliphatic carbocycles. The number of rotatable bonds is 5. The molecular weight excluding hydrogens is 330 g/mol. The zero-order valence-electron chi connectivity index (χ0n) is 15.1. The maximum atomic E-state index is 12.5. The summed E-state index contributed by atoms with van der Waals surface area (Å²) in [6.07, 6.45) is 5.15. The highest BCUT2D eigenvalue weighted by Gasteiger charge is 2.20. The predicted molar refractivity (Wildman–Crippen MR) is 102 cm³/mol. The Morgan fingerprint density at radius 2 is 1.88 bits per heavy atom. The van der Waals surface area contributed by atoms with E-state index in [1.807, 2.05) is 41.3 Å². The third kappa shape index (κ3) is 4.14. The van der Waals surface area contributed by atoms with Crippen LogP contribution in [0.1, 0.15) is 5.56 Å². The molecule has 0 saturated carbocycles. The molecule has 26 heavy (non-hydrogen) atoms. The number of hydrogen-bond acceptors (Lipinski definition) is 5. The number of pyridine rings is 1. The van der Waals surface area contributed by atoms with Gasteiger partial charge in [-0.1, -0.05) is 6.07 Å². The van der Waals surface area contributed by atoms with Gasteiger partial charge in [-0.25, -0.2) is 4.98 Å². The molecule has 0 atom stereocenters. The van der Waals surface area contributed by atoms with Gasteiger partial charge in [-0.3, -0.25) is 4.79 Å². The van der Waals surface area contributed by atoms with E-state index in [4.69, 9.17) is 9.47 Å². The summed E-state index contributed by atoms with van der Waals surface area (Å²) in [5, 5.41) is 0. The van der Waals surface area contributed by atoms with Gasteiger partial charge in [0, 0.05) is 44.0 Å². The summed E-state index contributed by atoms with van der Waals surface area (Å²) in [6, 6.07) is 11.4. The van der Waals surface area contributed by atoms with Crippen LogP contribution in [0.15, 0.2) is 48.7 Å². The number of piperazine rings is 1. The fraction of sp³-hybridized carbons (Fsp3) is 0.300. The first-order valence-electron chi connectivity index (χ1n) is 8.56. The van der Waals surface area contributed by atoms with Gasteiger partial charge in [0.2, 0.25) is 5.91 Å². The molecule has 0 radical (unpaired) electrons. The van der Waals surface area contributed by atoms with E-state index in [2.05, 4.69) is 9.88 Å². The molecule has 1 aromatic carbocycles. The van der Waals surface area contributed by atoms with E-state index in [1.165, 1.54) is 0 Å². The van der Waals surface area contributed by atoms with Crippen LogP contribution in [0.2, 0.25) is 0 Å². The summed E-state index contributed by atoms with van der Waals surface area (Å²) < 4.78 is 10.6. The molecule has 2 heterocycles. The minimum Gasteiger partial charge on any atom is -0.497 e. The lowest BCUT2D eigenvalue weighted by atomic mass is 10.1. The summed E-state index contributed by atoms with van der Waals surface area (Å²) >= 11 is 0. The van der Waals surface area contributed by atoms with Gasteiger partial charge in [-0.05, 0) is 36.4 Å². The number of hydrogen-bond donors (Lipinski definition) is 0. The Labute approximate surface area is 153 Å². The van der Waals surface area contributed by atoms with Crippen LogP contribution in [0.25, 0.3) is 6.08 Å². The molecule has 3 rings (SSSR count). The molecule has 1 aromatic heterocycles. The SMILES string of the molecule is COc1ccc(OC)c(/C=C/C(=O)N2CCN(c3ccccn3)CC2)c1. The van der Waals surface area contributed by atoms with Crippen molar-refractivity contribution in [2.75, 3.05) is 45.3 Å². The van der Waals surface area contributed by atoms with Crippen molar-refractivity contribution in [3.8, 4) is 11.5 Å². The maximum Gasteiger partial charge on any atom is 0.246 e. The number of carbonyl (C=O) groups excluding carboxylic acids is 1. The highest BCUT2D eigenvalue weighted by atomic mass is 16.5. The van der Waals surface area contributed by atoms with Gasteiger partial charge in [0.05, 0.1) is 14.2 Å². The fourth-order valence-electron chi connectivity index (χ4n) is 2.93. The maximum absolute atomic E-state index is 12.5. The minimum atomic E-state index is -0.00413. The van der Waals surface area contributed by atoms with E-state index < -0.39 is 0 Å². The van der Waals surface area contributed by atoms with Crippen LogP contribution in [0, 0.1) is 0 Å². The second kappa shape index (κ2) is 8.38. The lowest BCUT2D eigenvalue weighted by molar-refractivity contribution is -0.126. The molecule has 136 valence electrons. The van der Waals surface area contributed by atoms with Gasteiger partial charge in [0.1, 0.15) is 17.3 Å². The number of benzene rings is 1. The molecule has 1 aliphatic heterocycles. The average Bonchev–Trinajstić information content (AvgIpc) is 2.72. The smallest absolute Gasteiger partial charge is 0.246 e. The van der Waals surface area contributed by atoms with Crippen molar-refractivity contribution in [3.05, 3.63) is 54.2 Å². The second-order valence-electron chi connectivity index (χ2n) is 5.94. The quantitative estimate of drug-likeness (QED) is 0.773. The summed E-state index contributed by atoms with van der Waals surface area (Å²) in [7, 11) is 3.22. The van der Waals surface area contributed by atoms with Crippen LogP contribution in [0.3, 0.4) is 0 Å². The van der Waals surface area contributed by atoms with Gasteiger partial charge < -0.3 is 19.3 Å². The average molecular weight is 353 g/mol. The summed E-state index contributed by atoms with van der Waals surface area (Å²) in [5.74, 6) is 2.38. The van der Waals surface area contributed by atoms with E-state index in [9.17, 15) is 4.79 Å². The molecule has 1 saturated heterocycles. The van der Waals surface area contributed by atoms with Crippen LogP contribution in [0.5, 0.6) is 11.5 Å². The van der Waals surface area contributed by atoms with Gasteiger partial charge in [0.25, 0.3) is 0 Å². The van der Waals surface area contributed by atoms with Crippen molar-refractivity contribution in [2.24, 2.45) is 0 Å². The van der Waals surface area contributed by atoms with Gasteiger partial charge in [-0.2, -0.15) is 0 Å². The largest absolute Gasteiger partial charge is 0.497 e. The van der Waals surface area contributed by atoms with Crippen molar-refractivity contribution >= 4 is 17.8 Å². The molecule has 0 unspecified atom stereocenters. The topological polar surface area (TPSA) is 54.9 Å². The number of ether oxygens (including phenoxy) is 2. The number of anilines is 1. The van der Waals surface area contributed by atoms with Gasteiger partial charge >= 0.3 is 0 Å². The fourth-order valence-corrected chi connectivity index (χ4v) is 2.93. The molecule has 0 N–H and O–H groups in total. The molecule has 0 spiro atoms. The van der Waals surface area contributed by atoms with Crippen LogP contribution < -0.4 is 14.4 Å². The number of amides is 1. The van der Waals surface area contributed by atoms with Gasteiger partial charge in [0.15, 0.2) is 0 Å². The van der Waals surface area contributed by atoms with Crippen LogP contribution in [-0.4, -0.2) is 56.2 Å². The van der Waals surface area contributed by atoms with Crippen LogP contribution in [-0.2, 0) is 4.79 Å². The number of carbonyl (C=O) groups is 1. The Bertz CT molecular complexity index is 769. The first-order valence-corrected chi connectivity index (χ1v) is 8.56. The molecule has 1 fully saturated rings. The Kier molecular flexibility index (Phi) is 5.73. The zero-order valence-corrected chi connectivity index (χ0v) is 15.1. The lowest BCUT2D eigenvalue weighted by Gasteiger charge is -2.34. The number of nitrogens with zero attached hydrogens (tertiary/aromatic N) is 3. The third-order valence-corrected chi connectivity index (χ3v) is 4.41. The van der Waals surface area contributed by atoms with Crippen LogP contribution in [0.4, 0.5) is 5.82 Å². The van der Waals surface area contributed by atoms with Crippen molar-refractivity contribution in [3.63, 3.8) is 0 Å². The summed E-state index contributed by atoms with van der Waals surface area (Å²) in [6.45, 7) is 2.90. The van der Waals surface area contributed by atoms with Crippen molar-refractivity contribution in [1.29, 1.82) is 0 Å². The van der Waals surface area contributed by atoms with Crippen LogP contribution >= 0.6 is 0 Å². The lowest BCUT2D eigenvalue weighted by Crippen LogP contribution is -2.48. The number of methoxy groups -OCH3 is 2. The van der Waals surface area contributed by atoms with Crippen molar-refractivity contribution in [1.82, 2.24) is 9.88 Å². The van der Waals surface area contributed by atoms with E-state index in [0.29, 0.717) is 18.8 Å². The Morgan fingerprint density at radius 3 is 2.54 bits per heavy atom. The van der Waals surface area contributed by atoms with E-state index in [-0.39, 0.29) is 5.91 Å². The molecular formula is C20H23N3O3. The van der Waals surface area contributed by atoms with Crippen molar-refractivity contribution in [2.45, 2.75) is 0 Å². The normalized spacial score (nSPS) is 14.5. The molecule has 0 bridgehead atoms.